The predicted molar refractivity (Wildman–Crippen MR) is 75.4 cm³/mol. The maximum absolute atomic E-state index is 11.5. The Morgan fingerprint density at radius 3 is 2.63 bits per heavy atom. The van der Waals surface area contributed by atoms with Crippen LogP contribution in [0, 0.1) is 6.92 Å². The van der Waals surface area contributed by atoms with Crippen molar-refractivity contribution in [1.82, 2.24) is 5.32 Å². The summed E-state index contributed by atoms with van der Waals surface area (Å²) in [6, 6.07) is 17.3. The molecular formula is C16H17NO2. The highest BCUT2D eigenvalue weighted by Gasteiger charge is 2.02. The Kier molecular flexibility index (Phi) is 4.56. The lowest BCUT2D eigenvalue weighted by molar-refractivity contribution is 0.200. The van der Waals surface area contributed by atoms with E-state index < -0.39 is 6.09 Å². The number of aryl methyl sites for hydroxylation is 1. The van der Waals surface area contributed by atoms with Crippen molar-refractivity contribution in [3.63, 3.8) is 0 Å². The van der Waals surface area contributed by atoms with Gasteiger partial charge in [0.25, 0.3) is 0 Å². The average molecular weight is 255 g/mol. The third kappa shape index (κ3) is 4.47. The Balaban J connectivity index is 1.75. The molecule has 0 unspecified atom stereocenters. The van der Waals surface area contributed by atoms with Crippen LogP contribution in [0.2, 0.25) is 0 Å². The molecule has 0 aliphatic heterocycles. The number of ether oxygens (including phenoxy) is 1. The lowest BCUT2D eigenvalue weighted by Gasteiger charge is -2.06. The van der Waals surface area contributed by atoms with Gasteiger partial charge in [-0.1, -0.05) is 48.0 Å². The van der Waals surface area contributed by atoms with Crippen molar-refractivity contribution in [3.8, 4) is 5.75 Å². The summed E-state index contributed by atoms with van der Waals surface area (Å²) in [5, 5.41) is 2.74. The first-order chi connectivity index (χ1) is 9.24. The van der Waals surface area contributed by atoms with Gasteiger partial charge in [-0.15, -0.1) is 0 Å². The van der Waals surface area contributed by atoms with Gasteiger partial charge < -0.3 is 10.1 Å². The Hall–Kier alpha value is -2.29. The molecule has 0 heterocycles. The largest absolute Gasteiger partial charge is 0.412 e. The van der Waals surface area contributed by atoms with Gasteiger partial charge >= 0.3 is 6.09 Å². The van der Waals surface area contributed by atoms with Crippen LogP contribution in [0.15, 0.2) is 54.6 Å². The molecule has 0 fully saturated rings. The number of rotatable bonds is 4. The van der Waals surface area contributed by atoms with E-state index in [1.54, 1.807) is 12.1 Å². The Labute approximate surface area is 113 Å². The second-order valence-corrected chi connectivity index (χ2v) is 4.37. The first kappa shape index (κ1) is 13.1. The minimum atomic E-state index is -0.418. The molecule has 1 amide bonds. The maximum Gasteiger partial charge on any atom is 0.412 e. The third-order valence-electron chi connectivity index (χ3n) is 2.72. The second-order valence-electron chi connectivity index (χ2n) is 4.37. The van der Waals surface area contributed by atoms with Crippen molar-refractivity contribution >= 4 is 6.09 Å². The van der Waals surface area contributed by atoms with E-state index >= 15 is 0 Å². The fourth-order valence-corrected chi connectivity index (χ4v) is 1.81. The number of benzene rings is 2. The second kappa shape index (κ2) is 6.59. The fraction of sp³-hybridized carbons (Fsp3) is 0.188. The van der Waals surface area contributed by atoms with Crippen LogP contribution in [0.5, 0.6) is 5.75 Å². The summed E-state index contributed by atoms with van der Waals surface area (Å²) < 4.78 is 5.13. The van der Waals surface area contributed by atoms with Crippen LogP contribution < -0.4 is 10.1 Å². The highest BCUT2D eigenvalue weighted by Crippen LogP contribution is 2.08. The lowest BCUT2D eigenvalue weighted by Crippen LogP contribution is -2.28. The molecule has 2 aromatic rings. The minimum absolute atomic E-state index is 0.418. The third-order valence-corrected chi connectivity index (χ3v) is 2.72. The average Bonchev–Trinajstić information content (AvgIpc) is 2.40. The summed E-state index contributed by atoms with van der Waals surface area (Å²) in [5.74, 6) is 0.551. The van der Waals surface area contributed by atoms with Crippen molar-refractivity contribution in [2.24, 2.45) is 0 Å². The number of nitrogens with one attached hydrogen (secondary N) is 1. The van der Waals surface area contributed by atoms with Gasteiger partial charge in [0.2, 0.25) is 0 Å². The zero-order valence-electron chi connectivity index (χ0n) is 10.9. The highest BCUT2D eigenvalue weighted by atomic mass is 16.5. The fourth-order valence-electron chi connectivity index (χ4n) is 1.81. The number of amides is 1. The van der Waals surface area contributed by atoms with Crippen LogP contribution in [0.4, 0.5) is 4.79 Å². The molecule has 0 spiro atoms. The standard InChI is InChI=1S/C16H17NO2/c1-13-6-5-7-14(12-13)10-11-17-16(18)19-15-8-3-2-4-9-15/h2-9,12H,10-11H2,1H3,(H,17,18). The van der Waals surface area contributed by atoms with Gasteiger partial charge in [0.15, 0.2) is 0 Å². The Bertz CT molecular complexity index is 537. The highest BCUT2D eigenvalue weighted by molar-refractivity contribution is 5.70. The van der Waals surface area contributed by atoms with Gasteiger partial charge in [-0.25, -0.2) is 4.79 Å². The van der Waals surface area contributed by atoms with E-state index in [-0.39, 0.29) is 0 Å². The molecular weight excluding hydrogens is 238 g/mol. The summed E-state index contributed by atoms with van der Waals surface area (Å²) in [7, 11) is 0. The molecule has 0 bridgehead atoms. The smallest absolute Gasteiger partial charge is 0.410 e. The van der Waals surface area contributed by atoms with E-state index in [0.29, 0.717) is 12.3 Å². The summed E-state index contributed by atoms with van der Waals surface area (Å²) in [6.45, 7) is 2.62. The molecule has 2 aromatic carbocycles. The molecule has 0 radical (unpaired) electrons. The lowest BCUT2D eigenvalue weighted by atomic mass is 10.1. The van der Waals surface area contributed by atoms with Gasteiger partial charge in [-0.3, -0.25) is 0 Å². The molecule has 0 aliphatic rings. The topological polar surface area (TPSA) is 38.3 Å². The van der Waals surface area contributed by atoms with Gasteiger partial charge in [-0.05, 0) is 31.0 Å². The van der Waals surface area contributed by atoms with Crippen molar-refractivity contribution in [3.05, 3.63) is 65.7 Å². The number of hydrogen-bond donors (Lipinski definition) is 1. The molecule has 3 heteroatoms. The number of carbonyl (C=O) groups is 1. The van der Waals surface area contributed by atoms with Crippen molar-refractivity contribution in [1.29, 1.82) is 0 Å². The Morgan fingerprint density at radius 2 is 1.89 bits per heavy atom. The van der Waals surface area contributed by atoms with Crippen LogP contribution >= 0.6 is 0 Å². The van der Waals surface area contributed by atoms with Crippen molar-refractivity contribution in [2.45, 2.75) is 13.3 Å². The van der Waals surface area contributed by atoms with Gasteiger partial charge in [0, 0.05) is 6.54 Å². The maximum atomic E-state index is 11.5. The summed E-state index contributed by atoms with van der Waals surface area (Å²) in [5.41, 5.74) is 2.43. The van der Waals surface area contributed by atoms with Crippen LogP contribution in [0.1, 0.15) is 11.1 Å². The molecule has 0 aliphatic carbocycles. The predicted octanol–water partition coefficient (Wildman–Crippen LogP) is 3.33. The summed E-state index contributed by atoms with van der Waals surface area (Å²) in [4.78, 5) is 11.5. The van der Waals surface area contributed by atoms with E-state index in [1.165, 1.54) is 11.1 Å². The molecule has 3 nitrogen and oxygen atoms in total. The van der Waals surface area contributed by atoms with Crippen LogP contribution in [0.3, 0.4) is 0 Å². The van der Waals surface area contributed by atoms with Gasteiger partial charge in [0.05, 0.1) is 0 Å². The van der Waals surface area contributed by atoms with Gasteiger partial charge in [-0.2, -0.15) is 0 Å². The monoisotopic (exact) mass is 255 g/mol. The minimum Gasteiger partial charge on any atom is -0.410 e. The number of hydrogen-bond acceptors (Lipinski definition) is 2. The SMILES string of the molecule is Cc1cccc(CCNC(=O)Oc2ccccc2)c1. The number of para-hydroxylation sites is 1. The Morgan fingerprint density at radius 1 is 1.11 bits per heavy atom. The van der Waals surface area contributed by atoms with Gasteiger partial charge in [0.1, 0.15) is 5.75 Å². The molecule has 0 saturated heterocycles. The molecule has 2 rings (SSSR count). The van der Waals surface area contributed by atoms with E-state index in [9.17, 15) is 4.79 Å². The van der Waals surface area contributed by atoms with Crippen LogP contribution in [0.25, 0.3) is 0 Å². The summed E-state index contributed by atoms with van der Waals surface area (Å²) >= 11 is 0. The first-order valence-corrected chi connectivity index (χ1v) is 6.30. The molecule has 0 saturated carbocycles. The normalized spacial score (nSPS) is 9.95. The zero-order chi connectivity index (χ0) is 13.5. The van der Waals surface area contributed by atoms with Crippen LogP contribution in [-0.4, -0.2) is 12.6 Å². The van der Waals surface area contributed by atoms with Crippen molar-refractivity contribution < 1.29 is 9.53 Å². The number of carbonyl (C=O) groups excluding carboxylic acids is 1. The molecule has 0 atom stereocenters. The van der Waals surface area contributed by atoms with E-state index in [0.717, 1.165) is 6.42 Å². The molecule has 19 heavy (non-hydrogen) atoms. The molecule has 98 valence electrons. The van der Waals surface area contributed by atoms with Crippen LogP contribution in [-0.2, 0) is 6.42 Å². The zero-order valence-corrected chi connectivity index (χ0v) is 10.9. The molecule has 0 aromatic heterocycles. The van der Waals surface area contributed by atoms with E-state index in [4.69, 9.17) is 4.74 Å². The molecule has 1 N–H and O–H groups in total. The van der Waals surface area contributed by atoms with Crippen molar-refractivity contribution in [2.75, 3.05) is 6.54 Å². The first-order valence-electron chi connectivity index (χ1n) is 6.30. The summed E-state index contributed by atoms with van der Waals surface area (Å²) in [6.07, 6.45) is 0.379. The van der Waals surface area contributed by atoms with E-state index in [2.05, 4.69) is 30.4 Å². The quantitative estimate of drug-likeness (QED) is 0.910. The van der Waals surface area contributed by atoms with E-state index in [1.807, 2.05) is 24.3 Å².